The fourth-order valence-corrected chi connectivity index (χ4v) is 3.11. The van der Waals surface area contributed by atoms with Gasteiger partial charge in [0.2, 0.25) is 0 Å². The van der Waals surface area contributed by atoms with Crippen molar-refractivity contribution in [1.82, 2.24) is 4.90 Å². The minimum atomic E-state index is -0.352. The van der Waals surface area contributed by atoms with E-state index in [9.17, 15) is 4.79 Å². The fourth-order valence-electron chi connectivity index (χ4n) is 1.99. The Morgan fingerprint density at radius 2 is 2.09 bits per heavy atom. The van der Waals surface area contributed by atoms with Crippen molar-refractivity contribution in [2.24, 2.45) is 0 Å². The maximum absolute atomic E-state index is 11.1. The van der Waals surface area contributed by atoms with E-state index in [2.05, 4.69) is 18.7 Å². The second-order valence-electron chi connectivity index (χ2n) is 4.69. The molecule has 0 saturated heterocycles. The Labute approximate surface area is 145 Å². The van der Waals surface area contributed by atoms with E-state index in [0.29, 0.717) is 12.2 Å². The summed E-state index contributed by atoms with van der Waals surface area (Å²) in [4.78, 5) is 13.3. The minimum absolute atomic E-state index is 0.352. The van der Waals surface area contributed by atoms with Crippen LogP contribution in [0.4, 0.5) is 0 Å². The number of fused-ring (bicyclic) bond motifs is 1. The van der Waals surface area contributed by atoms with Crippen molar-refractivity contribution in [1.29, 1.82) is 0 Å². The van der Waals surface area contributed by atoms with Crippen LogP contribution in [0.3, 0.4) is 0 Å². The van der Waals surface area contributed by atoms with Gasteiger partial charge >= 0.3 is 5.63 Å². The van der Waals surface area contributed by atoms with Gasteiger partial charge in [-0.3, -0.25) is 0 Å². The molecule has 2 rings (SSSR count). The quantitative estimate of drug-likeness (QED) is 0.579. The van der Waals surface area contributed by atoms with Crippen LogP contribution in [-0.4, -0.2) is 28.9 Å². The topological polar surface area (TPSA) is 42.7 Å². The molecule has 0 aliphatic carbocycles. The number of benzene rings is 1. The highest BCUT2D eigenvalue weighted by molar-refractivity contribution is 8.24. The molecule has 2 aromatic rings. The van der Waals surface area contributed by atoms with Gasteiger partial charge in [-0.1, -0.05) is 24.0 Å². The highest BCUT2D eigenvalue weighted by Crippen LogP contribution is 2.19. The van der Waals surface area contributed by atoms with Gasteiger partial charge in [0.1, 0.15) is 22.3 Å². The highest BCUT2D eigenvalue weighted by atomic mass is 32.2. The van der Waals surface area contributed by atoms with Crippen LogP contribution in [0.25, 0.3) is 11.0 Å². The summed E-state index contributed by atoms with van der Waals surface area (Å²) in [6.07, 6.45) is 1.93. The first-order chi connectivity index (χ1) is 11.1. The molecule has 0 saturated carbocycles. The van der Waals surface area contributed by atoms with E-state index in [4.69, 9.17) is 21.4 Å². The third kappa shape index (κ3) is 5.11. The smallest absolute Gasteiger partial charge is 0.336 e. The molecule has 0 bridgehead atoms. The summed E-state index contributed by atoms with van der Waals surface area (Å²) in [6.45, 7) is 6.46. The predicted octanol–water partition coefficient (Wildman–Crippen LogP) is 4.05. The monoisotopic (exact) mass is 349 g/mol. The Kier molecular flexibility index (Phi) is 6.67. The molecule has 0 amide bonds. The number of nitrogens with zero attached hydrogens (tertiary/aromatic N) is 1. The third-order valence-corrected chi connectivity index (χ3v) is 4.56. The lowest BCUT2D eigenvalue weighted by molar-refractivity contribution is 0.363. The zero-order valence-corrected chi connectivity index (χ0v) is 14.8. The standard InChI is InChI=1S/C17H19NO3S2/c1-3-18(4-2)17(22)23-11-5-10-20-14-7-8-15-13(12-14)6-9-16(19)21-15/h5-9,11-12H,3-4,10H2,1-2H3/b11-5-. The van der Waals surface area contributed by atoms with E-state index in [0.717, 1.165) is 28.5 Å². The number of ether oxygens (including phenoxy) is 1. The van der Waals surface area contributed by atoms with Crippen molar-refractivity contribution in [3.63, 3.8) is 0 Å². The summed E-state index contributed by atoms with van der Waals surface area (Å²) in [6, 6.07) is 8.49. The summed E-state index contributed by atoms with van der Waals surface area (Å²) in [5, 5.41) is 2.78. The van der Waals surface area contributed by atoms with Crippen molar-refractivity contribution in [2.75, 3.05) is 19.7 Å². The molecule has 1 heterocycles. The summed E-state index contributed by atoms with van der Waals surface area (Å²) in [7, 11) is 0. The molecule has 4 nitrogen and oxygen atoms in total. The van der Waals surface area contributed by atoms with Crippen molar-refractivity contribution in [3.8, 4) is 5.75 Å². The van der Waals surface area contributed by atoms with Gasteiger partial charge in [-0.25, -0.2) is 4.79 Å². The molecule has 0 spiro atoms. The van der Waals surface area contributed by atoms with E-state index in [1.54, 1.807) is 18.2 Å². The van der Waals surface area contributed by atoms with Gasteiger partial charge in [0.15, 0.2) is 0 Å². The Bertz CT molecular complexity index is 751. The molecular weight excluding hydrogens is 330 g/mol. The van der Waals surface area contributed by atoms with Gasteiger partial charge in [-0.15, -0.1) is 0 Å². The highest BCUT2D eigenvalue weighted by Gasteiger charge is 2.03. The average Bonchev–Trinajstić information content (AvgIpc) is 2.55. The van der Waals surface area contributed by atoms with Crippen molar-refractivity contribution in [3.05, 3.63) is 52.2 Å². The van der Waals surface area contributed by atoms with Crippen molar-refractivity contribution < 1.29 is 9.15 Å². The van der Waals surface area contributed by atoms with Gasteiger partial charge in [0.05, 0.1) is 0 Å². The van der Waals surface area contributed by atoms with Crippen LogP contribution in [-0.2, 0) is 0 Å². The summed E-state index contributed by atoms with van der Waals surface area (Å²) in [5.41, 5.74) is 0.204. The second-order valence-corrected chi connectivity index (χ2v) is 6.23. The molecule has 1 aromatic carbocycles. The van der Waals surface area contributed by atoms with Crippen LogP contribution < -0.4 is 10.4 Å². The largest absolute Gasteiger partial charge is 0.489 e. The molecule has 6 heteroatoms. The Morgan fingerprint density at radius 3 is 2.83 bits per heavy atom. The van der Waals surface area contributed by atoms with Gasteiger partial charge in [-0.2, -0.15) is 0 Å². The van der Waals surface area contributed by atoms with Crippen molar-refractivity contribution in [2.45, 2.75) is 13.8 Å². The molecule has 1 aromatic heterocycles. The van der Waals surface area contributed by atoms with E-state index < -0.39 is 0 Å². The maximum atomic E-state index is 11.1. The van der Waals surface area contributed by atoms with E-state index in [1.165, 1.54) is 17.8 Å². The molecule has 23 heavy (non-hydrogen) atoms. The van der Waals surface area contributed by atoms with Crippen LogP contribution in [0.1, 0.15) is 13.8 Å². The number of thiocarbonyl (C=S) groups is 1. The summed E-state index contributed by atoms with van der Waals surface area (Å²) < 4.78 is 11.6. The molecule has 0 fully saturated rings. The van der Waals surface area contributed by atoms with Crippen LogP contribution in [0, 0.1) is 0 Å². The lowest BCUT2D eigenvalue weighted by Crippen LogP contribution is -2.26. The Hall–Kier alpha value is -1.79. The SMILES string of the molecule is CCN(CC)C(=S)S/C=C\COc1ccc2oc(=O)ccc2c1. The van der Waals surface area contributed by atoms with Gasteiger partial charge < -0.3 is 14.1 Å². The summed E-state index contributed by atoms with van der Waals surface area (Å²) in [5.74, 6) is 0.729. The molecule has 0 N–H and O–H groups in total. The normalized spacial score (nSPS) is 11.0. The Balaban J connectivity index is 1.86. The van der Waals surface area contributed by atoms with Gasteiger partial charge in [0, 0.05) is 24.5 Å². The van der Waals surface area contributed by atoms with Crippen LogP contribution in [0.5, 0.6) is 5.75 Å². The van der Waals surface area contributed by atoms with Crippen LogP contribution in [0.15, 0.2) is 51.0 Å². The summed E-state index contributed by atoms with van der Waals surface area (Å²) >= 11 is 6.86. The average molecular weight is 349 g/mol. The van der Waals surface area contributed by atoms with Gasteiger partial charge in [-0.05, 0) is 49.6 Å². The Morgan fingerprint density at radius 1 is 1.30 bits per heavy atom. The zero-order chi connectivity index (χ0) is 16.7. The van der Waals surface area contributed by atoms with Crippen molar-refractivity contribution >= 4 is 39.3 Å². The van der Waals surface area contributed by atoms with E-state index >= 15 is 0 Å². The molecule has 0 radical (unpaired) electrons. The number of rotatable bonds is 6. The molecule has 0 aliphatic heterocycles. The molecular formula is C17H19NO3S2. The molecule has 122 valence electrons. The predicted molar refractivity (Wildman–Crippen MR) is 100 cm³/mol. The fraction of sp³-hybridized carbons (Fsp3) is 0.294. The van der Waals surface area contributed by atoms with E-state index in [-0.39, 0.29) is 5.63 Å². The molecule has 0 aliphatic rings. The lowest BCUT2D eigenvalue weighted by atomic mass is 10.2. The third-order valence-electron chi connectivity index (χ3n) is 3.22. The molecule has 0 atom stereocenters. The second kappa shape index (κ2) is 8.74. The first-order valence-corrected chi connectivity index (χ1v) is 8.70. The van der Waals surface area contributed by atoms with Crippen LogP contribution in [0.2, 0.25) is 0 Å². The zero-order valence-electron chi connectivity index (χ0n) is 13.2. The number of hydrogen-bond donors (Lipinski definition) is 0. The molecule has 0 unspecified atom stereocenters. The van der Waals surface area contributed by atoms with E-state index in [1.807, 2.05) is 17.6 Å². The number of hydrogen-bond acceptors (Lipinski definition) is 5. The maximum Gasteiger partial charge on any atom is 0.336 e. The minimum Gasteiger partial charge on any atom is -0.489 e. The number of thioether (sulfide) groups is 1. The van der Waals surface area contributed by atoms with Crippen LogP contribution >= 0.6 is 24.0 Å². The first kappa shape index (κ1) is 17.6. The lowest BCUT2D eigenvalue weighted by Gasteiger charge is -2.19. The first-order valence-electron chi connectivity index (χ1n) is 7.41. The van der Waals surface area contributed by atoms with Gasteiger partial charge in [0.25, 0.3) is 0 Å².